The summed E-state index contributed by atoms with van der Waals surface area (Å²) in [6.07, 6.45) is 1.11. The van der Waals surface area contributed by atoms with E-state index >= 15 is 0 Å². The molecule has 5 heteroatoms. The van der Waals surface area contributed by atoms with Crippen molar-refractivity contribution in [2.24, 2.45) is 17.0 Å². The Morgan fingerprint density at radius 3 is 2.63 bits per heavy atom. The standard InChI is InChI=1S/C14H20N2O2S/c1-2-14(12-7-16-8-13(12)14)11-5-3-4-10(6-11)9-19(15,17)18/h3-6,12-13,16H,2,7-9H2,1H3,(H2,15,17,18). The number of nitrogens with two attached hydrogens (primary N) is 1. The number of primary sulfonamides is 1. The first-order valence-corrected chi connectivity index (χ1v) is 8.49. The molecule has 2 atom stereocenters. The third kappa shape index (κ3) is 2.10. The zero-order valence-corrected chi connectivity index (χ0v) is 11.9. The summed E-state index contributed by atoms with van der Waals surface area (Å²) in [6, 6.07) is 7.96. The van der Waals surface area contributed by atoms with E-state index in [0.29, 0.717) is 11.8 Å². The van der Waals surface area contributed by atoms with Gasteiger partial charge in [-0.15, -0.1) is 0 Å². The molecular formula is C14H20N2O2S. The molecule has 1 aromatic carbocycles. The molecule has 2 unspecified atom stereocenters. The number of benzene rings is 1. The second-order valence-electron chi connectivity index (χ2n) is 5.77. The Balaban J connectivity index is 1.92. The quantitative estimate of drug-likeness (QED) is 0.863. The minimum Gasteiger partial charge on any atom is -0.316 e. The van der Waals surface area contributed by atoms with Crippen LogP contribution in [0.15, 0.2) is 24.3 Å². The molecule has 2 fully saturated rings. The normalized spacial score (nSPS) is 33.2. The van der Waals surface area contributed by atoms with E-state index in [4.69, 9.17) is 5.14 Å². The van der Waals surface area contributed by atoms with Gasteiger partial charge >= 0.3 is 0 Å². The van der Waals surface area contributed by atoms with Crippen LogP contribution in [0.2, 0.25) is 0 Å². The van der Waals surface area contributed by atoms with Gasteiger partial charge in [-0.3, -0.25) is 0 Å². The highest BCUT2D eigenvalue weighted by atomic mass is 32.2. The van der Waals surface area contributed by atoms with E-state index in [9.17, 15) is 8.42 Å². The maximum absolute atomic E-state index is 11.2. The highest BCUT2D eigenvalue weighted by Gasteiger charge is 2.65. The van der Waals surface area contributed by atoms with Gasteiger partial charge in [-0.25, -0.2) is 13.6 Å². The van der Waals surface area contributed by atoms with Crippen molar-refractivity contribution in [2.75, 3.05) is 13.1 Å². The average molecular weight is 280 g/mol. The summed E-state index contributed by atoms with van der Waals surface area (Å²) in [5.74, 6) is 1.35. The third-order valence-electron chi connectivity index (χ3n) is 4.85. The summed E-state index contributed by atoms with van der Waals surface area (Å²) in [4.78, 5) is 0. The van der Waals surface area contributed by atoms with Gasteiger partial charge in [-0.1, -0.05) is 31.2 Å². The molecule has 1 saturated heterocycles. The van der Waals surface area contributed by atoms with Gasteiger partial charge in [0.2, 0.25) is 10.0 Å². The first-order valence-electron chi connectivity index (χ1n) is 6.78. The number of sulfonamides is 1. The molecule has 104 valence electrons. The predicted octanol–water partition coefficient (Wildman–Crippen LogP) is 0.972. The lowest BCUT2D eigenvalue weighted by molar-refractivity contribution is 0.502. The van der Waals surface area contributed by atoms with Gasteiger partial charge in [-0.2, -0.15) is 0 Å². The summed E-state index contributed by atoms with van der Waals surface area (Å²) < 4.78 is 22.4. The Bertz CT molecular complexity index is 587. The first kappa shape index (κ1) is 13.1. The van der Waals surface area contributed by atoms with Gasteiger partial charge in [0.15, 0.2) is 0 Å². The number of hydrogen-bond acceptors (Lipinski definition) is 3. The van der Waals surface area contributed by atoms with Crippen molar-refractivity contribution in [3.05, 3.63) is 35.4 Å². The van der Waals surface area contributed by atoms with Crippen LogP contribution in [0.1, 0.15) is 24.5 Å². The molecule has 1 saturated carbocycles. The lowest BCUT2D eigenvalue weighted by atomic mass is 9.87. The van der Waals surface area contributed by atoms with Gasteiger partial charge in [-0.05, 0) is 42.5 Å². The smallest absolute Gasteiger partial charge is 0.213 e. The van der Waals surface area contributed by atoms with Crippen LogP contribution in [0.25, 0.3) is 0 Å². The molecule has 3 N–H and O–H groups in total. The van der Waals surface area contributed by atoms with Gasteiger partial charge in [0.1, 0.15) is 0 Å². The summed E-state index contributed by atoms with van der Waals surface area (Å²) in [7, 11) is -3.46. The molecule has 0 amide bonds. The maximum Gasteiger partial charge on any atom is 0.213 e. The highest BCUT2D eigenvalue weighted by molar-refractivity contribution is 7.88. The lowest BCUT2D eigenvalue weighted by Crippen LogP contribution is -2.25. The van der Waals surface area contributed by atoms with Gasteiger partial charge in [0, 0.05) is 5.41 Å². The Labute approximate surface area is 114 Å². The molecule has 1 aromatic rings. The molecule has 1 heterocycles. The summed E-state index contributed by atoms with van der Waals surface area (Å²) in [5, 5.41) is 8.55. The maximum atomic E-state index is 11.2. The molecule has 4 nitrogen and oxygen atoms in total. The fourth-order valence-electron chi connectivity index (χ4n) is 3.99. The van der Waals surface area contributed by atoms with E-state index in [-0.39, 0.29) is 11.2 Å². The van der Waals surface area contributed by atoms with Crippen LogP contribution >= 0.6 is 0 Å². The first-order chi connectivity index (χ1) is 8.97. The Kier molecular flexibility index (Phi) is 2.96. The van der Waals surface area contributed by atoms with Crippen LogP contribution < -0.4 is 10.5 Å². The lowest BCUT2D eigenvalue weighted by Gasteiger charge is -2.20. The van der Waals surface area contributed by atoms with Crippen molar-refractivity contribution < 1.29 is 8.42 Å². The van der Waals surface area contributed by atoms with E-state index in [1.807, 2.05) is 18.2 Å². The van der Waals surface area contributed by atoms with E-state index in [1.165, 1.54) is 5.56 Å². The van der Waals surface area contributed by atoms with Crippen molar-refractivity contribution >= 4 is 10.0 Å². The van der Waals surface area contributed by atoms with E-state index in [1.54, 1.807) is 0 Å². The van der Waals surface area contributed by atoms with Crippen molar-refractivity contribution in [3.63, 3.8) is 0 Å². The minimum absolute atomic E-state index is 0.0752. The molecule has 3 rings (SSSR count). The predicted molar refractivity (Wildman–Crippen MR) is 75.1 cm³/mol. The van der Waals surface area contributed by atoms with Crippen LogP contribution in [0.3, 0.4) is 0 Å². The SMILES string of the molecule is CCC1(c2cccc(CS(N)(=O)=O)c2)C2CNCC21. The molecule has 0 spiro atoms. The fraction of sp³-hybridized carbons (Fsp3) is 0.571. The Morgan fingerprint density at radius 2 is 2.05 bits per heavy atom. The second kappa shape index (κ2) is 4.30. The monoisotopic (exact) mass is 280 g/mol. The molecule has 19 heavy (non-hydrogen) atoms. The van der Waals surface area contributed by atoms with E-state index in [0.717, 1.165) is 25.1 Å². The molecule has 0 bridgehead atoms. The molecular weight excluding hydrogens is 260 g/mol. The largest absolute Gasteiger partial charge is 0.316 e. The van der Waals surface area contributed by atoms with Crippen LogP contribution in [0.4, 0.5) is 0 Å². The van der Waals surface area contributed by atoms with Crippen molar-refractivity contribution in [1.82, 2.24) is 5.32 Å². The topological polar surface area (TPSA) is 72.2 Å². The number of nitrogens with one attached hydrogen (secondary N) is 1. The Hall–Kier alpha value is -0.910. The average Bonchev–Trinajstić information content (AvgIpc) is 2.70. The zero-order valence-electron chi connectivity index (χ0n) is 11.1. The van der Waals surface area contributed by atoms with Crippen LogP contribution in [0, 0.1) is 11.8 Å². The van der Waals surface area contributed by atoms with Crippen LogP contribution in [-0.4, -0.2) is 21.5 Å². The number of rotatable bonds is 4. The van der Waals surface area contributed by atoms with Crippen molar-refractivity contribution in [1.29, 1.82) is 0 Å². The minimum atomic E-state index is -3.46. The van der Waals surface area contributed by atoms with E-state index in [2.05, 4.69) is 18.3 Å². The van der Waals surface area contributed by atoms with Crippen molar-refractivity contribution in [3.8, 4) is 0 Å². The molecule has 0 radical (unpaired) electrons. The van der Waals surface area contributed by atoms with Gasteiger partial charge in [0.25, 0.3) is 0 Å². The van der Waals surface area contributed by atoms with Crippen LogP contribution in [0.5, 0.6) is 0 Å². The summed E-state index contributed by atoms with van der Waals surface area (Å²) in [6.45, 7) is 4.39. The zero-order chi connectivity index (χ0) is 13.7. The number of hydrogen-bond donors (Lipinski definition) is 2. The molecule has 1 aliphatic heterocycles. The highest BCUT2D eigenvalue weighted by Crippen LogP contribution is 2.63. The summed E-state index contributed by atoms with van der Waals surface area (Å²) in [5.41, 5.74) is 2.35. The summed E-state index contributed by atoms with van der Waals surface area (Å²) >= 11 is 0. The number of fused-ring (bicyclic) bond motifs is 1. The van der Waals surface area contributed by atoms with Gasteiger partial charge in [0.05, 0.1) is 5.75 Å². The second-order valence-corrected chi connectivity index (χ2v) is 7.39. The van der Waals surface area contributed by atoms with Crippen LogP contribution in [-0.2, 0) is 21.2 Å². The van der Waals surface area contributed by atoms with Crippen molar-refractivity contribution in [2.45, 2.75) is 24.5 Å². The third-order valence-corrected chi connectivity index (χ3v) is 5.58. The fourth-order valence-corrected chi connectivity index (χ4v) is 4.63. The molecule has 2 aliphatic rings. The number of piperidine rings is 1. The Morgan fingerprint density at radius 1 is 1.37 bits per heavy atom. The van der Waals surface area contributed by atoms with Gasteiger partial charge < -0.3 is 5.32 Å². The molecule has 0 aromatic heterocycles. The van der Waals surface area contributed by atoms with E-state index < -0.39 is 10.0 Å². The molecule has 1 aliphatic carbocycles.